The molecule has 5 nitrogen and oxygen atoms in total. The van der Waals surface area contributed by atoms with Gasteiger partial charge in [-0.2, -0.15) is 0 Å². The summed E-state index contributed by atoms with van der Waals surface area (Å²) in [6, 6.07) is 18.9. The average Bonchev–Trinajstić information content (AvgIpc) is 2.71. The Labute approximate surface area is 158 Å². The first-order valence-electron chi connectivity index (χ1n) is 8.85. The van der Waals surface area contributed by atoms with Gasteiger partial charge < -0.3 is 15.4 Å². The topological polar surface area (TPSA) is 67.4 Å². The number of benzene rings is 3. The molecule has 5 heteroatoms. The maximum atomic E-state index is 12.6. The number of carbonyl (C=O) groups is 2. The monoisotopic (exact) mass is 362 g/mol. The number of amides is 2. The summed E-state index contributed by atoms with van der Waals surface area (Å²) in [6.45, 7) is 1.91. The summed E-state index contributed by atoms with van der Waals surface area (Å²) in [5.74, 6) is -0.150. The van der Waals surface area contributed by atoms with Crippen molar-refractivity contribution in [2.45, 2.75) is 13.3 Å². The number of hydrogen-bond acceptors (Lipinski definition) is 3. The van der Waals surface area contributed by atoms with E-state index in [9.17, 15) is 9.59 Å². The molecule has 0 saturated carbocycles. The van der Waals surface area contributed by atoms with E-state index in [1.807, 2.05) is 61.5 Å². The highest BCUT2D eigenvalue weighted by molar-refractivity contribution is 6.04. The van der Waals surface area contributed by atoms with Gasteiger partial charge >= 0.3 is 0 Å². The fourth-order valence-electron chi connectivity index (χ4n) is 2.97. The minimum absolute atomic E-state index is 0.118. The molecule has 138 valence electrons. The van der Waals surface area contributed by atoms with Gasteiger partial charge in [0.15, 0.2) is 0 Å². The molecule has 0 aliphatic carbocycles. The Balaban J connectivity index is 1.70. The molecule has 0 aliphatic rings. The quantitative estimate of drug-likeness (QED) is 0.701. The highest BCUT2D eigenvalue weighted by atomic mass is 16.5. The van der Waals surface area contributed by atoms with Gasteiger partial charge in [-0.1, -0.05) is 49.4 Å². The van der Waals surface area contributed by atoms with Crippen molar-refractivity contribution in [2.75, 3.05) is 19.0 Å². The molecule has 0 heterocycles. The van der Waals surface area contributed by atoms with Crippen molar-refractivity contribution in [3.63, 3.8) is 0 Å². The van der Waals surface area contributed by atoms with E-state index in [0.29, 0.717) is 11.3 Å². The fourth-order valence-corrected chi connectivity index (χ4v) is 2.97. The molecule has 0 fully saturated rings. The van der Waals surface area contributed by atoms with Crippen molar-refractivity contribution < 1.29 is 14.3 Å². The number of hydrogen-bond donors (Lipinski definition) is 2. The smallest absolute Gasteiger partial charge is 0.255 e. The van der Waals surface area contributed by atoms with Crippen molar-refractivity contribution in [1.29, 1.82) is 0 Å². The third-order valence-corrected chi connectivity index (χ3v) is 4.39. The molecule has 0 radical (unpaired) electrons. The number of fused-ring (bicyclic) bond motifs is 1. The van der Waals surface area contributed by atoms with E-state index < -0.39 is 0 Å². The number of anilines is 1. The van der Waals surface area contributed by atoms with Crippen LogP contribution in [0.25, 0.3) is 10.8 Å². The molecule has 0 unspecified atom stereocenters. The molecule has 0 spiro atoms. The van der Waals surface area contributed by atoms with Gasteiger partial charge in [0.05, 0.1) is 19.2 Å². The van der Waals surface area contributed by atoms with Crippen LogP contribution in [-0.4, -0.2) is 25.5 Å². The van der Waals surface area contributed by atoms with Crippen molar-refractivity contribution in [1.82, 2.24) is 5.32 Å². The van der Waals surface area contributed by atoms with Gasteiger partial charge in [0, 0.05) is 5.69 Å². The summed E-state index contributed by atoms with van der Waals surface area (Å²) >= 11 is 0. The molecular weight excluding hydrogens is 340 g/mol. The molecule has 3 rings (SSSR count). The summed E-state index contributed by atoms with van der Waals surface area (Å²) in [6.07, 6.45) is 0.817. The third kappa shape index (κ3) is 4.26. The first-order valence-corrected chi connectivity index (χ1v) is 8.85. The zero-order valence-electron chi connectivity index (χ0n) is 15.4. The highest BCUT2D eigenvalue weighted by Crippen LogP contribution is 2.25. The molecule has 2 amide bonds. The lowest BCUT2D eigenvalue weighted by molar-refractivity contribution is -0.115. The Morgan fingerprint density at radius 2 is 1.63 bits per heavy atom. The van der Waals surface area contributed by atoms with Crippen molar-refractivity contribution >= 4 is 28.3 Å². The Bertz CT molecular complexity index is 982. The molecule has 0 aromatic heterocycles. The maximum Gasteiger partial charge on any atom is 0.255 e. The largest absolute Gasteiger partial charge is 0.496 e. The fraction of sp³-hybridized carbons (Fsp3) is 0.182. The van der Waals surface area contributed by atoms with E-state index in [0.717, 1.165) is 28.4 Å². The van der Waals surface area contributed by atoms with Gasteiger partial charge in [-0.05, 0) is 41.0 Å². The van der Waals surface area contributed by atoms with Crippen molar-refractivity contribution in [3.05, 3.63) is 71.8 Å². The maximum absolute atomic E-state index is 12.6. The lowest BCUT2D eigenvalue weighted by Crippen LogP contribution is -2.33. The molecule has 2 N–H and O–H groups in total. The van der Waals surface area contributed by atoms with Crippen LogP contribution in [0.3, 0.4) is 0 Å². The van der Waals surface area contributed by atoms with Crippen LogP contribution in [0.15, 0.2) is 60.7 Å². The minimum Gasteiger partial charge on any atom is -0.496 e. The Hall–Kier alpha value is -3.34. The van der Waals surface area contributed by atoms with Gasteiger partial charge in [-0.3, -0.25) is 9.59 Å². The standard InChI is InChI=1S/C22H22N2O3/c1-3-15-8-6-7-11-19(15)24-21(25)14-23-22(26)18-12-16-9-4-5-10-17(16)13-20(18)27-2/h4-13H,3,14H2,1-2H3,(H,23,26)(H,24,25). The second-order valence-corrected chi connectivity index (χ2v) is 6.14. The molecule has 0 atom stereocenters. The number of para-hydroxylation sites is 1. The average molecular weight is 362 g/mol. The Morgan fingerprint density at radius 3 is 2.33 bits per heavy atom. The molecule has 0 saturated heterocycles. The predicted octanol–water partition coefficient (Wildman–Crippen LogP) is 3.78. The van der Waals surface area contributed by atoms with E-state index in [1.165, 1.54) is 7.11 Å². The summed E-state index contributed by atoms with van der Waals surface area (Å²) in [4.78, 5) is 24.8. The second-order valence-electron chi connectivity index (χ2n) is 6.14. The van der Waals surface area contributed by atoms with Gasteiger partial charge in [0.25, 0.3) is 5.91 Å². The number of rotatable bonds is 6. The van der Waals surface area contributed by atoms with Crippen molar-refractivity contribution in [2.24, 2.45) is 0 Å². The van der Waals surface area contributed by atoms with E-state index in [4.69, 9.17) is 4.74 Å². The predicted molar refractivity (Wildman–Crippen MR) is 107 cm³/mol. The number of nitrogens with one attached hydrogen (secondary N) is 2. The van der Waals surface area contributed by atoms with Gasteiger partial charge in [0.1, 0.15) is 5.75 Å². The summed E-state index contributed by atoms with van der Waals surface area (Å²) < 4.78 is 5.35. The lowest BCUT2D eigenvalue weighted by atomic mass is 10.1. The SMILES string of the molecule is CCc1ccccc1NC(=O)CNC(=O)c1cc2ccccc2cc1OC. The van der Waals surface area contributed by atoms with E-state index in [1.54, 1.807) is 6.07 Å². The van der Waals surface area contributed by atoms with Crippen LogP contribution in [0.4, 0.5) is 5.69 Å². The van der Waals surface area contributed by atoms with Gasteiger partial charge in [0.2, 0.25) is 5.91 Å². The first kappa shape index (κ1) is 18.5. The summed E-state index contributed by atoms with van der Waals surface area (Å²) in [7, 11) is 1.52. The molecule has 27 heavy (non-hydrogen) atoms. The zero-order valence-corrected chi connectivity index (χ0v) is 15.4. The highest BCUT2D eigenvalue weighted by Gasteiger charge is 2.15. The Kier molecular flexibility index (Phi) is 5.71. The normalized spacial score (nSPS) is 10.4. The third-order valence-electron chi connectivity index (χ3n) is 4.39. The van der Waals surface area contributed by atoms with Crippen molar-refractivity contribution in [3.8, 4) is 5.75 Å². The molecule has 3 aromatic carbocycles. The molecular formula is C22H22N2O3. The van der Waals surface area contributed by atoms with Crippen LogP contribution < -0.4 is 15.4 Å². The van der Waals surface area contributed by atoms with Gasteiger partial charge in [-0.15, -0.1) is 0 Å². The summed E-state index contributed by atoms with van der Waals surface area (Å²) in [5, 5.41) is 7.43. The van der Waals surface area contributed by atoms with E-state index >= 15 is 0 Å². The van der Waals surface area contributed by atoms with Crippen LogP contribution in [0.1, 0.15) is 22.8 Å². The van der Waals surface area contributed by atoms with Crippen LogP contribution in [-0.2, 0) is 11.2 Å². The van der Waals surface area contributed by atoms with E-state index in [-0.39, 0.29) is 18.4 Å². The molecule has 3 aromatic rings. The lowest BCUT2D eigenvalue weighted by Gasteiger charge is -2.12. The molecule has 0 bridgehead atoms. The Morgan fingerprint density at radius 1 is 0.963 bits per heavy atom. The van der Waals surface area contributed by atoms with Crippen LogP contribution in [0.5, 0.6) is 5.75 Å². The number of methoxy groups -OCH3 is 1. The van der Waals surface area contributed by atoms with Crippen LogP contribution >= 0.6 is 0 Å². The van der Waals surface area contributed by atoms with E-state index in [2.05, 4.69) is 10.6 Å². The number of carbonyl (C=O) groups excluding carboxylic acids is 2. The number of aryl methyl sites for hydroxylation is 1. The zero-order chi connectivity index (χ0) is 19.2. The number of ether oxygens (including phenoxy) is 1. The van der Waals surface area contributed by atoms with Gasteiger partial charge in [-0.25, -0.2) is 0 Å². The van der Waals surface area contributed by atoms with Crippen LogP contribution in [0, 0.1) is 0 Å². The second kappa shape index (κ2) is 8.36. The first-order chi connectivity index (χ1) is 13.1. The molecule has 0 aliphatic heterocycles. The van der Waals surface area contributed by atoms with Crippen LogP contribution in [0.2, 0.25) is 0 Å². The minimum atomic E-state index is -0.350. The summed E-state index contributed by atoms with van der Waals surface area (Å²) in [5.41, 5.74) is 2.22.